The van der Waals surface area contributed by atoms with Gasteiger partial charge in [0, 0.05) is 22.7 Å². The van der Waals surface area contributed by atoms with Crippen molar-refractivity contribution < 1.29 is 22.7 Å². The summed E-state index contributed by atoms with van der Waals surface area (Å²) in [6.45, 7) is 2.89. The SMILES string of the molecule is Cc1ccccc1OCCn1cc(/C=C2\C(=N)N3N=C(C(F)(F)F)SC3=NC2=O)c2ccccc21. The molecule has 3 aromatic rings. The summed E-state index contributed by atoms with van der Waals surface area (Å²) in [6, 6.07) is 15.2. The predicted octanol–water partition coefficient (Wildman–Crippen LogP) is 5.21. The summed E-state index contributed by atoms with van der Waals surface area (Å²) in [5.41, 5.74) is 2.41. The number of benzene rings is 2. The average Bonchev–Trinajstić information content (AvgIpc) is 3.40. The number of amidine groups is 2. The first-order valence-corrected chi connectivity index (χ1v) is 11.4. The molecule has 1 N–H and O–H groups in total. The Hall–Kier alpha value is -3.86. The van der Waals surface area contributed by atoms with Crippen LogP contribution in [0.25, 0.3) is 17.0 Å². The molecule has 0 saturated heterocycles. The third kappa shape index (κ3) is 4.34. The molecule has 178 valence electrons. The van der Waals surface area contributed by atoms with Crippen LogP contribution >= 0.6 is 11.8 Å². The molecular formula is C24H18F3N5O2S. The van der Waals surface area contributed by atoms with Gasteiger partial charge in [0.2, 0.25) is 10.2 Å². The Morgan fingerprint density at radius 1 is 1.14 bits per heavy atom. The van der Waals surface area contributed by atoms with Gasteiger partial charge in [-0.15, -0.1) is 0 Å². The Morgan fingerprint density at radius 3 is 2.66 bits per heavy atom. The predicted molar refractivity (Wildman–Crippen MR) is 130 cm³/mol. The number of aromatic nitrogens is 1. The summed E-state index contributed by atoms with van der Waals surface area (Å²) < 4.78 is 47.1. The summed E-state index contributed by atoms with van der Waals surface area (Å²) in [5, 5.41) is 11.9. The quantitative estimate of drug-likeness (QED) is 0.491. The standard InChI is InChI=1S/C24H18F3N5O2S/c1-14-6-2-5-9-19(14)34-11-10-31-13-15(16-7-3-4-8-18(16)31)12-17-20(28)32-23(29-21(17)33)35-22(30-32)24(25,26)27/h2-9,12-13,28H,10-11H2,1H3/b17-12+,28-20?. The molecule has 0 radical (unpaired) electrons. The highest BCUT2D eigenvalue weighted by Crippen LogP contribution is 2.35. The van der Waals surface area contributed by atoms with Gasteiger partial charge < -0.3 is 9.30 Å². The van der Waals surface area contributed by atoms with Crippen molar-refractivity contribution in [1.29, 1.82) is 5.41 Å². The van der Waals surface area contributed by atoms with E-state index in [0.717, 1.165) is 27.2 Å². The molecular weight excluding hydrogens is 479 g/mol. The number of rotatable bonds is 5. The summed E-state index contributed by atoms with van der Waals surface area (Å²) >= 11 is 0.226. The van der Waals surface area contributed by atoms with Gasteiger partial charge in [-0.1, -0.05) is 36.4 Å². The van der Waals surface area contributed by atoms with Crippen LogP contribution in [-0.4, -0.2) is 44.3 Å². The van der Waals surface area contributed by atoms with Crippen molar-refractivity contribution in [1.82, 2.24) is 9.58 Å². The molecule has 0 saturated carbocycles. The number of aliphatic imine (C=N–C) groups is 1. The van der Waals surface area contributed by atoms with Gasteiger partial charge in [-0.25, -0.2) is 0 Å². The maximum atomic E-state index is 13.1. The Balaban J connectivity index is 1.44. The van der Waals surface area contributed by atoms with E-state index < -0.39 is 23.0 Å². The van der Waals surface area contributed by atoms with Gasteiger partial charge in [0.05, 0.1) is 12.1 Å². The highest BCUT2D eigenvalue weighted by atomic mass is 32.2. The van der Waals surface area contributed by atoms with Crippen LogP contribution in [0.1, 0.15) is 11.1 Å². The molecule has 1 aromatic heterocycles. The Bertz CT molecular complexity index is 1450. The van der Waals surface area contributed by atoms with Gasteiger partial charge in [-0.2, -0.15) is 28.3 Å². The second kappa shape index (κ2) is 8.73. The van der Waals surface area contributed by atoms with Crippen LogP contribution in [0.4, 0.5) is 13.2 Å². The van der Waals surface area contributed by atoms with Crippen LogP contribution in [0.5, 0.6) is 5.75 Å². The number of thioether (sulfide) groups is 1. The number of ether oxygens (including phenoxy) is 1. The van der Waals surface area contributed by atoms with Gasteiger partial charge >= 0.3 is 6.18 Å². The Kier molecular flexibility index (Phi) is 5.72. The number of alkyl halides is 3. The molecule has 7 nitrogen and oxygen atoms in total. The van der Waals surface area contributed by atoms with Crippen LogP contribution in [0.2, 0.25) is 0 Å². The smallest absolute Gasteiger partial charge is 0.441 e. The van der Waals surface area contributed by atoms with Crippen LogP contribution < -0.4 is 4.74 Å². The fourth-order valence-electron chi connectivity index (χ4n) is 3.81. The molecule has 0 spiro atoms. The Labute approximate surface area is 202 Å². The topological polar surface area (TPSA) is 83.0 Å². The number of halogens is 3. The van der Waals surface area contributed by atoms with E-state index in [9.17, 15) is 18.0 Å². The zero-order chi connectivity index (χ0) is 24.7. The van der Waals surface area contributed by atoms with Crippen LogP contribution in [0, 0.1) is 12.3 Å². The minimum Gasteiger partial charge on any atom is -0.491 e. The van der Waals surface area contributed by atoms with Gasteiger partial charge in [0.15, 0.2) is 5.84 Å². The summed E-state index contributed by atoms with van der Waals surface area (Å²) in [4.78, 5) is 16.3. The lowest BCUT2D eigenvalue weighted by Crippen LogP contribution is -2.35. The molecule has 5 rings (SSSR count). The molecule has 35 heavy (non-hydrogen) atoms. The number of aryl methyl sites for hydroxylation is 1. The molecule has 2 aliphatic rings. The van der Waals surface area contributed by atoms with Gasteiger partial charge in [-0.3, -0.25) is 10.2 Å². The van der Waals surface area contributed by atoms with Crippen molar-refractivity contribution in [3.05, 3.63) is 71.4 Å². The van der Waals surface area contributed by atoms with Gasteiger partial charge in [-0.05, 0) is 42.5 Å². The first kappa shape index (κ1) is 22.9. The van der Waals surface area contributed by atoms with Crippen molar-refractivity contribution in [2.45, 2.75) is 19.6 Å². The summed E-state index contributed by atoms with van der Waals surface area (Å²) in [5.74, 6) is -0.443. The second-order valence-electron chi connectivity index (χ2n) is 7.83. The number of fused-ring (bicyclic) bond motifs is 2. The Morgan fingerprint density at radius 2 is 1.89 bits per heavy atom. The molecule has 3 heterocycles. The van der Waals surface area contributed by atoms with Gasteiger partial charge in [0.1, 0.15) is 12.4 Å². The molecule has 0 unspecified atom stereocenters. The van der Waals surface area contributed by atoms with Crippen molar-refractivity contribution in [2.24, 2.45) is 10.1 Å². The van der Waals surface area contributed by atoms with Crippen LogP contribution in [0.3, 0.4) is 0 Å². The van der Waals surface area contributed by atoms with Crippen molar-refractivity contribution in [3.8, 4) is 5.75 Å². The van der Waals surface area contributed by atoms with E-state index in [-0.39, 0.29) is 22.5 Å². The minimum absolute atomic E-state index is 0.138. The lowest BCUT2D eigenvalue weighted by atomic mass is 10.1. The van der Waals surface area contributed by atoms with E-state index in [1.54, 1.807) is 0 Å². The van der Waals surface area contributed by atoms with Crippen molar-refractivity contribution >= 4 is 50.7 Å². The van der Waals surface area contributed by atoms with E-state index in [2.05, 4.69) is 10.1 Å². The molecule has 0 aliphatic carbocycles. The molecule has 2 aliphatic heterocycles. The number of hydrogen-bond donors (Lipinski definition) is 1. The number of nitrogens with one attached hydrogen (secondary N) is 1. The largest absolute Gasteiger partial charge is 0.491 e. The minimum atomic E-state index is -4.69. The molecule has 0 fully saturated rings. The van der Waals surface area contributed by atoms with Crippen LogP contribution in [-0.2, 0) is 11.3 Å². The first-order valence-electron chi connectivity index (χ1n) is 10.6. The highest BCUT2D eigenvalue weighted by Gasteiger charge is 2.46. The number of hydrogen-bond acceptors (Lipinski definition) is 5. The van der Waals surface area contributed by atoms with Crippen molar-refractivity contribution in [3.63, 3.8) is 0 Å². The second-order valence-corrected chi connectivity index (χ2v) is 8.79. The lowest BCUT2D eigenvalue weighted by molar-refractivity contribution is -0.114. The van der Waals surface area contributed by atoms with Gasteiger partial charge in [0.25, 0.3) is 5.91 Å². The lowest BCUT2D eigenvalue weighted by Gasteiger charge is -2.20. The molecule has 1 amide bonds. The number of amides is 1. The maximum absolute atomic E-state index is 13.1. The highest BCUT2D eigenvalue weighted by molar-refractivity contribution is 8.27. The number of carbonyl (C=O) groups is 1. The number of hydrazone groups is 1. The van der Waals surface area contributed by atoms with E-state index in [1.165, 1.54) is 6.08 Å². The third-order valence-corrected chi connectivity index (χ3v) is 6.45. The fourth-order valence-corrected chi connectivity index (χ4v) is 4.57. The third-order valence-electron chi connectivity index (χ3n) is 5.50. The van der Waals surface area contributed by atoms with E-state index in [4.69, 9.17) is 10.1 Å². The van der Waals surface area contributed by atoms with E-state index in [0.29, 0.717) is 18.7 Å². The molecule has 0 bridgehead atoms. The maximum Gasteiger partial charge on any atom is 0.441 e. The first-order chi connectivity index (χ1) is 16.7. The molecule has 0 atom stereocenters. The summed E-state index contributed by atoms with van der Waals surface area (Å²) in [7, 11) is 0. The normalized spacial score (nSPS) is 17.1. The zero-order valence-corrected chi connectivity index (χ0v) is 19.2. The van der Waals surface area contributed by atoms with Crippen LogP contribution in [0.15, 0.2) is 70.4 Å². The average molecular weight is 498 g/mol. The monoisotopic (exact) mass is 497 g/mol. The molecule has 11 heteroatoms. The zero-order valence-electron chi connectivity index (χ0n) is 18.3. The summed E-state index contributed by atoms with van der Waals surface area (Å²) in [6.07, 6.45) is -1.40. The number of nitrogens with zero attached hydrogens (tertiary/aromatic N) is 4. The van der Waals surface area contributed by atoms with Crippen molar-refractivity contribution in [2.75, 3.05) is 6.61 Å². The number of para-hydroxylation sites is 2. The fraction of sp³-hybridized carbons (Fsp3) is 0.167. The molecule has 2 aromatic carbocycles. The van der Waals surface area contributed by atoms with E-state index in [1.807, 2.05) is 66.2 Å². The number of carbonyl (C=O) groups excluding carboxylic acids is 1. The van der Waals surface area contributed by atoms with E-state index >= 15 is 0 Å².